The van der Waals surface area contributed by atoms with Gasteiger partial charge >= 0.3 is 5.97 Å². The number of carbonyl (C=O) groups is 1. The number of carbonyl (C=O) groups excluding carboxylic acids is 1. The summed E-state index contributed by atoms with van der Waals surface area (Å²) in [4.78, 5) is 19.4. The monoisotopic (exact) mass is 272 g/mol. The zero-order chi connectivity index (χ0) is 10.1. The molecular formula is C8H5BrN2O2S. The van der Waals surface area contributed by atoms with Gasteiger partial charge in [0.05, 0.1) is 11.8 Å². The summed E-state index contributed by atoms with van der Waals surface area (Å²) < 4.78 is 6.21. The Bertz CT molecular complexity index is 497. The molecule has 0 saturated carbocycles. The summed E-state index contributed by atoms with van der Waals surface area (Å²) >= 11 is 4.69. The van der Waals surface area contributed by atoms with E-state index in [2.05, 4.69) is 30.6 Å². The van der Waals surface area contributed by atoms with Crippen molar-refractivity contribution in [3.63, 3.8) is 0 Å². The second-order valence-corrected chi connectivity index (χ2v) is 4.80. The summed E-state index contributed by atoms with van der Waals surface area (Å²) in [5.41, 5.74) is 1.02. The van der Waals surface area contributed by atoms with Crippen molar-refractivity contribution < 1.29 is 9.53 Å². The largest absolute Gasteiger partial charge is 0.465 e. The number of aromatic nitrogens is 2. The van der Waals surface area contributed by atoms with Gasteiger partial charge in [-0.3, -0.25) is 4.98 Å². The lowest BCUT2D eigenvalue weighted by Crippen LogP contribution is -2.02. The van der Waals surface area contributed by atoms with Gasteiger partial charge in [-0.15, -0.1) is 11.3 Å². The van der Waals surface area contributed by atoms with Gasteiger partial charge in [-0.05, 0) is 15.9 Å². The third-order valence-corrected chi connectivity index (χ3v) is 3.12. The number of nitrogens with zero attached hydrogens (tertiary/aromatic N) is 2. The number of ether oxygens (including phenoxy) is 1. The smallest absolute Gasteiger partial charge is 0.341 e. The second kappa shape index (κ2) is 3.62. The molecule has 0 saturated heterocycles. The lowest BCUT2D eigenvalue weighted by atomic mass is 10.2. The van der Waals surface area contributed by atoms with Crippen LogP contribution in [0, 0.1) is 0 Å². The molecule has 0 aromatic carbocycles. The highest BCUT2D eigenvalue weighted by Gasteiger charge is 2.13. The van der Waals surface area contributed by atoms with Crippen LogP contribution in [0.1, 0.15) is 10.4 Å². The van der Waals surface area contributed by atoms with Gasteiger partial charge in [0.2, 0.25) is 0 Å². The van der Waals surface area contributed by atoms with Gasteiger partial charge < -0.3 is 4.74 Å². The van der Waals surface area contributed by atoms with E-state index in [-0.39, 0.29) is 0 Å². The van der Waals surface area contributed by atoms with Crippen molar-refractivity contribution in [1.29, 1.82) is 0 Å². The molecule has 0 bridgehead atoms. The average Bonchev–Trinajstić information content (AvgIpc) is 2.56. The first-order valence-corrected chi connectivity index (χ1v) is 5.31. The Balaban J connectivity index is 2.70. The first kappa shape index (κ1) is 9.54. The number of rotatable bonds is 1. The average molecular weight is 273 g/mol. The highest BCUT2D eigenvalue weighted by molar-refractivity contribution is 9.11. The molecule has 4 nitrogen and oxygen atoms in total. The third kappa shape index (κ3) is 1.51. The summed E-state index contributed by atoms with van der Waals surface area (Å²) in [5.74, 6) is -0.416. The Morgan fingerprint density at radius 3 is 3.07 bits per heavy atom. The van der Waals surface area contributed by atoms with Crippen LogP contribution in [0.4, 0.5) is 0 Å². The van der Waals surface area contributed by atoms with E-state index in [0.717, 1.165) is 8.62 Å². The molecule has 14 heavy (non-hydrogen) atoms. The first-order chi connectivity index (χ1) is 6.72. The maximum Gasteiger partial charge on any atom is 0.341 e. The Labute approximate surface area is 92.1 Å². The van der Waals surface area contributed by atoms with Crippen molar-refractivity contribution in [2.24, 2.45) is 0 Å². The maximum absolute atomic E-state index is 11.3. The van der Waals surface area contributed by atoms with E-state index >= 15 is 0 Å². The normalized spacial score (nSPS) is 10.4. The Hall–Kier alpha value is -1.01. The van der Waals surface area contributed by atoms with E-state index in [9.17, 15) is 4.79 Å². The first-order valence-electron chi connectivity index (χ1n) is 3.70. The van der Waals surface area contributed by atoms with Gasteiger partial charge in [0.15, 0.2) is 3.92 Å². The Kier molecular flexibility index (Phi) is 2.47. The molecule has 0 unspecified atom stereocenters. The van der Waals surface area contributed by atoms with Crippen LogP contribution in [0.15, 0.2) is 16.3 Å². The zero-order valence-corrected chi connectivity index (χ0v) is 9.55. The summed E-state index contributed by atoms with van der Waals surface area (Å²) in [7, 11) is 1.34. The minimum absolute atomic E-state index is 0.395. The number of hydrogen-bond acceptors (Lipinski definition) is 5. The van der Waals surface area contributed by atoms with Crippen molar-refractivity contribution in [2.75, 3.05) is 7.11 Å². The molecule has 2 aromatic rings. The molecule has 0 amide bonds. The number of methoxy groups -OCH3 is 1. The fraction of sp³-hybridized carbons (Fsp3) is 0.125. The third-order valence-electron chi connectivity index (χ3n) is 1.68. The summed E-state index contributed by atoms with van der Waals surface area (Å²) in [5, 5.41) is 0. The molecule has 0 aliphatic carbocycles. The Morgan fingerprint density at radius 1 is 1.57 bits per heavy atom. The topological polar surface area (TPSA) is 52.1 Å². The van der Waals surface area contributed by atoms with E-state index in [4.69, 9.17) is 0 Å². The lowest BCUT2D eigenvalue weighted by Gasteiger charge is -1.97. The van der Waals surface area contributed by atoms with Crippen molar-refractivity contribution in [3.8, 4) is 0 Å². The molecule has 0 N–H and O–H groups in total. The van der Waals surface area contributed by atoms with Gasteiger partial charge in [-0.1, -0.05) is 0 Å². The highest BCUT2D eigenvalue weighted by atomic mass is 79.9. The predicted molar refractivity (Wildman–Crippen MR) is 56.5 cm³/mol. The van der Waals surface area contributed by atoms with Gasteiger partial charge in [-0.25, -0.2) is 9.78 Å². The van der Waals surface area contributed by atoms with Gasteiger partial charge in [-0.2, -0.15) is 0 Å². The van der Waals surface area contributed by atoms with E-state index in [1.54, 1.807) is 6.20 Å². The number of hydrogen-bond donors (Lipinski definition) is 0. The molecule has 0 spiro atoms. The molecule has 0 fully saturated rings. The summed E-state index contributed by atoms with van der Waals surface area (Å²) in [6, 6.07) is 0. The van der Waals surface area contributed by atoms with Gasteiger partial charge in [0.25, 0.3) is 0 Å². The minimum Gasteiger partial charge on any atom is -0.465 e. The van der Waals surface area contributed by atoms with Crippen LogP contribution in [-0.4, -0.2) is 23.0 Å². The molecule has 0 aliphatic rings. The minimum atomic E-state index is -0.416. The second-order valence-electron chi connectivity index (χ2n) is 2.49. The van der Waals surface area contributed by atoms with Crippen LogP contribution in [0.5, 0.6) is 0 Å². The molecule has 2 aromatic heterocycles. The van der Waals surface area contributed by atoms with E-state index in [0.29, 0.717) is 11.1 Å². The van der Waals surface area contributed by atoms with Gasteiger partial charge in [0, 0.05) is 12.4 Å². The van der Waals surface area contributed by atoms with E-state index in [1.165, 1.54) is 24.6 Å². The molecule has 6 heteroatoms. The zero-order valence-electron chi connectivity index (χ0n) is 7.15. The summed E-state index contributed by atoms with van der Waals surface area (Å²) in [6.45, 7) is 0. The van der Waals surface area contributed by atoms with Crippen LogP contribution in [-0.2, 0) is 4.74 Å². The Morgan fingerprint density at radius 2 is 2.36 bits per heavy atom. The van der Waals surface area contributed by atoms with Crippen LogP contribution >= 0.6 is 27.3 Å². The van der Waals surface area contributed by atoms with Crippen molar-refractivity contribution in [1.82, 2.24) is 9.97 Å². The molecule has 0 radical (unpaired) electrons. The van der Waals surface area contributed by atoms with Crippen LogP contribution in [0.3, 0.4) is 0 Å². The number of esters is 1. The fourth-order valence-corrected chi connectivity index (χ4v) is 2.47. The predicted octanol–water partition coefficient (Wildman–Crippen LogP) is 2.24. The number of halogens is 1. The standard InChI is InChI=1S/C8H5BrN2O2S/c1-13-7(12)4-2-10-3-5-6(4)11-8(9)14-5/h2-3H,1H3. The molecule has 2 rings (SSSR count). The lowest BCUT2D eigenvalue weighted by molar-refractivity contribution is 0.0602. The van der Waals surface area contributed by atoms with E-state index in [1.807, 2.05) is 0 Å². The number of pyridine rings is 1. The molecular weight excluding hydrogens is 268 g/mol. The molecule has 0 atom stereocenters. The molecule has 72 valence electrons. The maximum atomic E-state index is 11.3. The quantitative estimate of drug-likeness (QED) is 0.748. The molecule has 0 aliphatic heterocycles. The SMILES string of the molecule is COC(=O)c1cncc2sc(Br)nc12. The number of fused-ring (bicyclic) bond motifs is 1. The van der Waals surface area contributed by atoms with Crippen molar-refractivity contribution in [3.05, 3.63) is 21.9 Å². The molecule has 2 heterocycles. The summed E-state index contributed by atoms with van der Waals surface area (Å²) in [6.07, 6.45) is 3.13. The fourth-order valence-electron chi connectivity index (χ4n) is 1.09. The van der Waals surface area contributed by atoms with Crippen molar-refractivity contribution >= 4 is 43.5 Å². The van der Waals surface area contributed by atoms with Crippen molar-refractivity contribution in [2.45, 2.75) is 0 Å². The number of thiazole rings is 1. The highest BCUT2D eigenvalue weighted by Crippen LogP contribution is 2.27. The van der Waals surface area contributed by atoms with Crippen LogP contribution in [0.2, 0.25) is 0 Å². The van der Waals surface area contributed by atoms with Crippen LogP contribution < -0.4 is 0 Å². The van der Waals surface area contributed by atoms with Gasteiger partial charge in [0.1, 0.15) is 11.1 Å². The van der Waals surface area contributed by atoms with Crippen LogP contribution in [0.25, 0.3) is 10.2 Å². The van der Waals surface area contributed by atoms with E-state index < -0.39 is 5.97 Å².